The van der Waals surface area contributed by atoms with Crippen LogP contribution in [0.4, 0.5) is 0 Å². The third kappa shape index (κ3) is 2.44. The van der Waals surface area contributed by atoms with Crippen LogP contribution in [0.3, 0.4) is 0 Å². The summed E-state index contributed by atoms with van der Waals surface area (Å²) in [5.41, 5.74) is 6.20. The van der Waals surface area contributed by atoms with Crippen molar-refractivity contribution in [2.24, 2.45) is 5.73 Å². The summed E-state index contributed by atoms with van der Waals surface area (Å²) >= 11 is 9.55. The van der Waals surface area contributed by atoms with Gasteiger partial charge in [-0.2, -0.15) is 0 Å². The first-order valence-corrected chi connectivity index (χ1v) is 5.89. The largest absolute Gasteiger partial charge is 0.492 e. The van der Waals surface area contributed by atoms with Crippen molar-refractivity contribution in [1.29, 1.82) is 0 Å². The van der Waals surface area contributed by atoms with Crippen molar-refractivity contribution in [2.75, 3.05) is 14.2 Å². The van der Waals surface area contributed by atoms with Crippen LogP contribution in [0.1, 0.15) is 19.4 Å². The highest BCUT2D eigenvalue weighted by atomic mass is 79.9. The number of rotatable bonds is 3. The minimum Gasteiger partial charge on any atom is -0.492 e. The summed E-state index contributed by atoms with van der Waals surface area (Å²) in [6, 6.07) is 1.76. The van der Waals surface area contributed by atoms with Gasteiger partial charge in [0.15, 0.2) is 11.5 Å². The molecular weight excluding hydrogens is 293 g/mol. The Morgan fingerprint density at radius 1 is 1.25 bits per heavy atom. The van der Waals surface area contributed by atoms with Crippen LogP contribution < -0.4 is 15.2 Å². The number of halogens is 2. The lowest BCUT2D eigenvalue weighted by molar-refractivity contribution is 0.342. The summed E-state index contributed by atoms with van der Waals surface area (Å²) in [5, 5.41) is 0.553. The SMILES string of the molecule is COc1c(Br)cc(Cl)c(C(C)(C)N)c1OC. The Hall–Kier alpha value is -0.450. The zero-order valence-electron chi connectivity index (χ0n) is 9.73. The number of benzene rings is 1. The minimum atomic E-state index is -0.601. The minimum absolute atomic E-state index is 0.553. The fraction of sp³-hybridized carbons (Fsp3) is 0.455. The van der Waals surface area contributed by atoms with Crippen LogP contribution in [0.5, 0.6) is 11.5 Å². The van der Waals surface area contributed by atoms with Gasteiger partial charge in [-0.15, -0.1) is 0 Å². The lowest BCUT2D eigenvalue weighted by atomic mass is 9.94. The number of ether oxygens (including phenoxy) is 2. The van der Waals surface area contributed by atoms with E-state index >= 15 is 0 Å². The molecule has 0 radical (unpaired) electrons. The second kappa shape index (κ2) is 4.82. The average Bonchev–Trinajstić information content (AvgIpc) is 2.14. The topological polar surface area (TPSA) is 44.5 Å². The number of nitrogens with two attached hydrogens (primary N) is 1. The maximum Gasteiger partial charge on any atom is 0.175 e. The van der Waals surface area contributed by atoms with E-state index in [1.54, 1.807) is 20.3 Å². The predicted molar refractivity (Wildman–Crippen MR) is 69.5 cm³/mol. The Bertz CT molecular complexity index is 402. The van der Waals surface area contributed by atoms with E-state index in [0.717, 1.165) is 10.0 Å². The highest BCUT2D eigenvalue weighted by Crippen LogP contribution is 2.45. The van der Waals surface area contributed by atoms with Crippen molar-refractivity contribution in [2.45, 2.75) is 19.4 Å². The van der Waals surface area contributed by atoms with E-state index in [0.29, 0.717) is 16.5 Å². The first-order chi connectivity index (χ1) is 7.32. The van der Waals surface area contributed by atoms with E-state index in [1.165, 1.54) is 0 Å². The first kappa shape index (κ1) is 13.6. The fourth-order valence-electron chi connectivity index (χ4n) is 1.56. The Morgan fingerprint density at radius 3 is 2.12 bits per heavy atom. The summed E-state index contributed by atoms with van der Waals surface area (Å²) < 4.78 is 11.3. The predicted octanol–water partition coefficient (Wildman–Crippen LogP) is 3.31. The molecule has 0 aliphatic rings. The van der Waals surface area contributed by atoms with E-state index in [4.69, 9.17) is 26.8 Å². The standard InChI is InChI=1S/C11H15BrClNO2/c1-11(2,14)8-7(13)5-6(12)9(15-3)10(8)16-4/h5H,14H2,1-4H3. The van der Waals surface area contributed by atoms with Gasteiger partial charge in [-0.1, -0.05) is 11.6 Å². The van der Waals surface area contributed by atoms with Crippen molar-refractivity contribution in [1.82, 2.24) is 0 Å². The molecule has 2 N–H and O–H groups in total. The van der Waals surface area contributed by atoms with Gasteiger partial charge in [0.1, 0.15) is 0 Å². The number of hydrogen-bond acceptors (Lipinski definition) is 3. The molecule has 1 rings (SSSR count). The number of hydrogen-bond donors (Lipinski definition) is 1. The average molecular weight is 309 g/mol. The van der Waals surface area contributed by atoms with Gasteiger partial charge in [0.25, 0.3) is 0 Å². The van der Waals surface area contributed by atoms with E-state index in [-0.39, 0.29) is 0 Å². The van der Waals surface area contributed by atoms with Gasteiger partial charge in [0.2, 0.25) is 0 Å². The van der Waals surface area contributed by atoms with Crippen molar-refractivity contribution < 1.29 is 9.47 Å². The summed E-state index contributed by atoms with van der Waals surface area (Å²) in [7, 11) is 3.14. The normalized spacial score (nSPS) is 11.4. The van der Waals surface area contributed by atoms with Crippen LogP contribution >= 0.6 is 27.5 Å². The molecule has 0 heterocycles. The molecule has 3 nitrogen and oxygen atoms in total. The van der Waals surface area contributed by atoms with Gasteiger partial charge in [-0.05, 0) is 35.8 Å². The summed E-state index contributed by atoms with van der Waals surface area (Å²) in [5.74, 6) is 1.16. The van der Waals surface area contributed by atoms with Crippen LogP contribution in [0.25, 0.3) is 0 Å². The fourth-order valence-corrected chi connectivity index (χ4v) is 2.71. The van der Waals surface area contributed by atoms with Crippen LogP contribution in [0.15, 0.2) is 10.5 Å². The molecule has 0 unspecified atom stereocenters. The van der Waals surface area contributed by atoms with Crippen LogP contribution in [-0.4, -0.2) is 14.2 Å². The molecule has 0 amide bonds. The Labute approximate surface area is 109 Å². The molecule has 0 aromatic heterocycles. The molecule has 1 aromatic rings. The molecule has 0 aliphatic carbocycles. The van der Waals surface area contributed by atoms with Gasteiger partial charge in [-0.25, -0.2) is 0 Å². The van der Waals surface area contributed by atoms with Gasteiger partial charge in [-0.3, -0.25) is 0 Å². The second-order valence-electron chi connectivity index (χ2n) is 4.00. The Morgan fingerprint density at radius 2 is 1.75 bits per heavy atom. The lowest BCUT2D eigenvalue weighted by Gasteiger charge is -2.25. The van der Waals surface area contributed by atoms with Crippen LogP contribution in [0.2, 0.25) is 5.02 Å². The van der Waals surface area contributed by atoms with E-state index in [9.17, 15) is 0 Å². The van der Waals surface area contributed by atoms with Gasteiger partial charge in [0, 0.05) is 11.1 Å². The van der Waals surface area contributed by atoms with Crippen molar-refractivity contribution in [3.05, 3.63) is 21.1 Å². The Kier molecular flexibility index (Phi) is 4.10. The van der Waals surface area contributed by atoms with E-state index in [1.807, 2.05) is 13.8 Å². The van der Waals surface area contributed by atoms with Crippen molar-refractivity contribution in [3.63, 3.8) is 0 Å². The Balaban J connectivity index is 3.59. The summed E-state index contributed by atoms with van der Waals surface area (Å²) in [6.45, 7) is 3.73. The molecule has 0 spiro atoms. The molecule has 0 saturated carbocycles. The van der Waals surface area contributed by atoms with Crippen molar-refractivity contribution >= 4 is 27.5 Å². The molecule has 0 fully saturated rings. The summed E-state index contributed by atoms with van der Waals surface area (Å²) in [4.78, 5) is 0. The molecular formula is C11H15BrClNO2. The van der Waals surface area contributed by atoms with Crippen LogP contribution in [-0.2, 0) is 5.54 Å². The van der Waals surface area contributed by atoms with Gasteiger partial charge >= 0.3 is 0 Å². The van der Waals surface area contributed by atoms with E-state index in [2.05, 4.69) is 15.9 Å². The smallest absolute Gasteiger partial charge is 0.175 e. The monoisotopic (exact) mass is 307 g/mol. The van der Waals surface area contributed by atoms with Crippen LogP contribution in [0, 0.1) is 0 Å². The highest BCUT2D eigenvalue weighted by Gasteiger charge is 2.27. The molecule has 90 valence electrons. The van der Waals surface area contributed by atoms with E-state index < -0.39 is 5.54 Å². The van der Waals surface area contributed by atoms with Crippen molar-refractivity contribution in [3.8, 4) is 11.5 Å². The third-order valence-corrected chi connectivity index (χ3v) is 3.08. The lowest BCUT2D eigenvalue weighted by Crippen LogP contribution is -2.29. The second-order valence-corrected chi connectivity index (χ2v) is 5.26. The molecule has 0 bridgehead atoms. The highest BCUT2D eigenvalue weighted by molar-refractivity contribution is 9.10. The molecule has 16 heavy (non-hydrogen) atoms. The van der Waals surface area contributed by atoms with Gasteiger partial charge in [0.05, 0.1) is 23.7 Å². The molecule has 0 atom stereocenters. The maximum absolute atomic E-state index is 6.18. The summed E-state index contributed by atoms with van der Waals surface area (Å²) in [6.07, 6.45) is 0. The quantitative estimate of drug-likeness (QED) is 0.931. The first-order valence-electron chi connectivity index (χ1n) is 4.72. The zero-order valence-corrected chi connectivity index (χ0v) is 12.1. The molecule has 5 heteroatoms. The van der Waals surface area contributed by atoms with Gasteiger partial charge < -0.3 is 15.2 Å². The molecule has 0 saturated heterocycles. The maximum atomic E-state index is 6.18. The molecule has 0 aliphatic heterocycles. The molecule has 1 aromatic carbocycles. The number of methoxy groups -OCH3 is 2. The zero-order chi connectivity index (χ0) is 12.5. The third-order valence-electron chi connectivity index (χ3n) is 2.20.